The normalized spacial score (nSPS) is 23.3. The minimum Gasteiger partial charge on any atom is -0.375 e. The lowest BCUT2D eigenvalue weighted by Crippen LogP contribution is -2.48. The number of hydrogen-bond donors (Lipinski definition) is 1. The minimum atomic E-state index is 0.197. The van der Waals surface area contributed by atoms with E-state index in [4.69, 9.17) is 10.5 Å². The van der Waals surface area contributed by atoms with Gasteiger partial charge in [-0.05, 0) is 18.3 Å². The largest absolute Gasteiger partial charge is 0.375 e. The maximum Gasteiger partial charge on any atom is 0.191 e. The molecule has 0 saturated carbocycles. The van der Waals surface area contributed by atoms with E-state index < -0.39 is 0 Å². The summed E-state index contributed by atoms with van der Waals surface area (Å²) in [6.07, 6.45) is 0.246. The van der Waals surface area contributed by atoms with Crippen molar-refractivity contribution in [1.29, 1.82) is 0 Å². The monoisotopic (exact) mass is 241 g/mol. The predicted molar refractivity (Wildman–Crippen MR) is 72.1 cm³/mol. The number of rotatable bonds is 3. The van der Waals surface area contributed by atoms with Crippen LogP contribution in [0.5, 0.6) is 0 Å². The molecule has 1 unspecified atom stereocenters. The standard InChI is InChI=1S/C13H27N3O/c1-10(2)13(4,5)9-15-12(14)16-6-7-17-11(3)8-16/h10-11H,6-9H2,1-5H3,(H2,14,15). The van der Waals surface area contributed by atoms with Gasteiger partial charge in [0.15, 0.2) is 5.96 Å². The summed E-state index contributed by atoms with van der Waals surface area (Å²) in [6.45, 7) is 14.2. The lowest BCUT2D eigenvalue weighted by atomic mass is 9.81. The summed E-state index contributed by atoms with van der Waals surface area (Å²) in [4.78, 5) is 6.66. The first kappa shape index (κ1) is 14.3. The third-order valence-corrected chi connectivity index (χ3v) is 3.78. The molecule has 1 aliphatic heterocycles. The SMILES string of the molecule is CC1CN(C(N)=NCC(C)(C)C(C)C)CCO1. The molecule has 0 aromatic heterocycles. The van der Waals surface area contributed by atoms with Crippen molar-refractivity contribution in [2.75, 3.05) is 26.2 Å². The van der Waals surface area contributed by atoms with Gasteiger partial charge in [-0.2, -0.15) is 0 Å². The van der Waals surface area contributed by atoms with Gasteiger partial charge in [-0.1, -0.05) is 27.7 Å². The number of guanidine groups is 1. The fourth-order valence-corrected chi connectivity index (χ4v) is 1.59. The molecule has 0 bridgehead atoms. The van der Waals surface area contributed by atoms with E-state index >= 15 is 0 Å². The van der Waals surface area contributed by atoms with Crippen LogP contribution in [0.25, 0.3) is 0 Å². The first-order valence-electron chi connectivity index (χ1n) is 6.49. The molecular weight excluding hydrogens is 214 g/mol. The quantitative estimate of drug-likeness (QED) is 0.604. The van der Waals surface area contributed by atoms with Crippen LogP contribution in [0.15, 0.2) is 4.99 Å². The molecule has 1 fully saturated rings. The maximum atomic E-state index is 6.04. The molecule has 1 saturated heterocycles. The van der Waals surface area contributed by atoms with Gasteiger partial charge in [0, 0.05) is 19.6 Å². The molecule has 17 heavy (non-hydrogen) atoms. The summed E-state index contributed by atoms with van der Waals surface area (Å²) in [5, 5.41) is 0. The van der Waals surface area contributed by atoms with Crippen molar-refractivity contribution < 1.29 is 4.74 Å². The van der Waals surface area contributed by atoms with E-state index in [1.54, 1.807) is 0 Å². The Morgan fingerprint density at radius 1 is 1.53 bits per heavy atom. The van der Waals surface area contributed by atoms with Crippen molar-refractivity contribution in [3.05, 3.63) is 0 Å². The zero-order valence-electron chi connectivity index (χ0n) is 11.9. The Hall–Kier alpha value is -0.770. The van der Waals surface area contributed by atoms with Crippen molar-refractivity contribution in [1.82, 2.24) is 4.90 Å². The van der Waals surface area contributed by atoms with Gasteiger partial charge in [0.05, 0.1) is 12.7 Å². The summed E-state index contributed by atoms with van der Waals surface area (Å²) < 4.78 is 5.49. The highest BCUT2D eigenvalue weighted by atomic mass is 16.5. The van der Waals surface area contributed by atoms with E-state index in [0.717, 1.165) is 26.2 Å². The summed E-state index contributed by atoms with van der Waals surface area (Å²) >= 11 is 0. The maximum absolute atomic E-state index is 6.04. The second kappa shape index (κ2) is 5.71. The fraction of sp³-hybridized carbons (Fsp3) is 0.923. The summed E-state index contributed by atoms with van der Waals surface area (Å²) in [7, 11) is 0. The molecule has 1 atom stereocenters. The number of nitrogens with zero attached hydrogens (tertiary/aromatic N) is 2. The first-order valence-corrected chi connectivity index (χ1v) is 6.49. The molecule has 2 N–H and O–H groups in total. The summed E-state index contributed by atoms with van der Waals surface area (Å²) in [5.41, 5.74) is 6.24. The molecule has 0 aromatic rings. The van der Waals surface area contributed by atoms with Gasteiger partial charge < -0.3 is 15.4 Å². The molecular formula is C13H27N3O. The third-order valence-electron chi connectivity index (χ3n) is 3.78. The van der Waals surface area contributed by atoms with Crippen LogP contribution in [0.1, 0.15) is 34.6 Å². The Morgan fingerprint density at radius 3 is 2.71 bits per heavy atom. The third kappa shape index (κ3) is 4.19. The van der Waals surface area contributed by atoms with E-state index in [0.29, 0.717) is 11.9 Å². The van der Waals surface area contributed by atoms with Crippen LogP contribution in [-0.4, -0.2) is 43.2 Å². The van der Waals surface area contributed by atoms with Gasteiger partial charge >= 0.3 is 0 Å². The van der Waals surface area contributed by atoms with Crippen LogP contribution in [0.2, 0.25) is 0 Å². The van der Waals surface area contributed by atoms with E-state index in [1.807, 2.05) is 0 Å². The molecule has 1 aliphatic rings. The Morgan fingerprint density at radius 2 is 2.18 bits per heavy atom. The predicted octanol–water partition coefficient (Wildman–Crippen LogP) is 1.70. The van der Waals surface area contributed by atoms with E-state index in [1.165, 1.54) is 0 Å². The van der Waals surface area contributed by atoms with E-state index in [2.05, 4.69) is 44.5 Å². The molecule has 100 valence electrons. The number of morpholine rings is 1. The zero-order chi connectivity index (χ0) is 13.1. The van der Waals surface area contributed by atoms with Gasteiger partial charge in [0.1, 0.15) is 0 Å². The van der Waals surface area contributed by atoms with Crippen molar-refractivity contribution in [2.24, 2.45) is 22.1 Å². The highest BCUT2D eigenvalue weighted by Crippen LogP contribution is 2.26. The molecule has 4 nitrogen and oxygen atoms in total. The van der Waals surface area contributed by atoms with Gasteiger partial charge in [0.2, 0.25) is 0 Å². The van der Waals surface area contributed by atoms with Crippen LogP contribution < -0.4 is 5.73 Å². The van der Waals surface area contributed by atoms with Crippen LogP contribution in [-0.2, 0) is 4.74 Å². The number of aliphatic imine (C=N–C) groups is 1. The number of ether oxygens (including phenoxy) is 1. The van der Waals surface area contributed by atoms with Gasteiger partial charge in [-0.25, -0.2) is 0 Å². The topological polar surface area (TPSA) is 50.8 Å². The van der Waals surface area contributed by atoms with Crippen LogP contribution >= 0.6 is 0 Å². The molecule has 0 radical (unpaired) electrons. The average Bonchev–Trinajstić information content (AvgIpc) is 2.25. The van der Waals surface area contributed by atoms with Gasteiger partial charge in [-0.15, -0.1) is 0 Å². The highest BCUT2D eigenvalue weighted by molar-refractivity contribution is 5.78. The second-order valence-electron chi connectivity index (χ2n) is 5.95. The van der Waals surface area contributed by atoms with Crippen molar-refractivity contribution >= 4 is 5.96 Å². The molecule has 0 spiro atoms. The first-order chi connectivity index (χ1) is 7.83. The number of hydrogen-bond acceptors (Lipinski definition) is 2. The second-order valence-corrected chi connectivity index (χ2v) is 5.95. The molecule has 1 rings (SSSR count). The summed E-state index contributed by atoms with van der Waals surface area (Å²) in [5.74, 6) is 1.26. The molecule has 0 aromatic carbocycles. The average molecular weight is 241 g/mol. The fourth-order valence-electron chi connectivity index (χ4n) is 1.59. The molecule has 0 aliphatic carbocycles. The molecule has 1 heterocycles. The van der Waals surface area contributed by atoms with Gasteiger partial charge in [0.25, 0.3) is 0 Å². The smallest absolute Gasteiger partial charge is 0.191 e. The van der Waals surface area contributed by atoms with Crippen LogP contribution in [0.4, 0.5) is 0 Å². The van der Waals surface area contributed by atoms with Gasteiger partial charge in [-0.3, -0.25) is 4.99 Å². The van der Waals surface area contributed by atoms with Crippen LogP contribution in [0, 0.1) is 11.3 Å². The molecule has 4 heteroatoms. The van der Waals surface area contributed by atoms with E-state index in [9.17, 15) is 0 Å². The van der Waals surface area contributed by atoms with E-state index in [-0.39, 0.29) is 11.5 Å². The van der Waals surface area contributed by atoms with Crippen LogP contribution in [0.3, 0.4) is 0 Å². The minimum absolute atomic E-state index is 0.197. The number of nitrogens with two attached hydrogens (primary N) is 1. The molecule has 0 amide bonds. The lowest BCUT2D eigenvalue weighted by molar-refractivity contribution is 0.00521. The Labute approximate surface area is 105 Å². The highest BCUT2D eigenvalue weighted by Gasteiger charge is 2.23. The summed E-state index contributed by atoms with van der Waals surface area (Å²) in [6, 6.07) is 0. The van der Waals surface area contributed by atoms with Crippen molar-refractivity contribution in [3.63, 3.8) is 0 Å². The Balaban J connectivity index is 2.54. The van der Waals surface area contributed by atoms with Crippen molar-refractivity contribution in [3.8, 4) is 0 Å². The Bertz CT molecular complexity index is 274. The Kier molecular flexibility index (Phi) is 4.80. The van der Waals surface area contributed by atoms with Crippen molar-refractivity contribution in [2.45, 2.75) is 40.7 Å². The zero-order valence-corrected chi connectivity index (χ0v) is 11.9. The lowest BCUT2D eigenvalue weighted by Gasteiger charge is -2.33.